The SMILES string of the molecule is CN/C=C\C(=[NH2+])NC(=O)c1cc(Oc2ccc(C(=O)OC)cn2)cc(O[C@@H](C)CO)c1. The summed E-state index contributed by atoms with van der Waals surface area (Å²) >= 11 is 0. The van der Waals surface area contributed by atoms with Crippen LogP contribution in [0.3, 0.4) is 0 Å². The number of hydrogen-bond acceptors (Lipinski definition) is 8. The normalized spacial score (nSPS) is 11.5. The lowest BCUT2D eigenvalue weighted by molar-refractivity contribution is -0.115. The maximum Gasteiger partial charge on any atom is 0.339 e. The highest BCUT2D eigenvalue weighted by molar-refractivity contribution is 6.08. The number of benzene rings is 1. The van der Waals surface area contributed by atoms with Crippen molar-refractivity contribution in [2.45, 2.75) is 13.0 Å². The third-order valence-electron chi connectivity index (χ3n) is 3.80. The predicted octanol–water partition coefficient (Wildman–Crippen LogP) is 0.0406. The van der Waals surface area contributed by atoms with Gasteiger partial charge in [-0.1, -0.05) is 0 Å². The molecule has 164 valence electrons. The van der Waals surface area contributed by atoms with Crippen molar-refractivity contribution in [3.8, 4) is 17.4 Å². The van der Waals surface area contributed by atoms with Gasteiger partial charge >= 0.3 is 11.9 Å². The van der Waals surface area contributed by atoms with Crippen molar-refractivity contribution >= 4 is 17.7 Å². The lowest BCUT2D eigenvalue weighted by Gasteiger charge is -2.14. The van der Waals surface area contributed by atoms with Crippen LogP contribution in [0.4, 0.5) is 0 Å². The Bertz CT molecular complexity index is 959. The van der Waals surface area contributed by atoms with E-state index in [1.807, 2.05) is 0 Å². The number of methoxy groups -OCH3 is 1. The molecule has 0 radical (unpaired) electrons. The molecule has 0 saturated heterocycles. The Morgan fingerprint density at radius 2 is 1.97 bits per heavy atom. The van der Waals surface area contributed by atoms with Crippen molar-refractivity contribution in [3.05, 3.63) is 59.9 Å². The van der Waals surface area contributed by atoms with E-state index in [1.54, 1.807) is 26.2 Å². The summed E-state index contributed by atoms with van der Waals surface area (Å²) in [5, 5.41) is 20.3. The molecule has 1 atom stereocenters. The lowest BCUT2D eigenvalue weighted by atomic mass is 10.2. The first-order valence-corrected chi connectivity index (χ1v) is 9.28. The van der Waals surface area contributed by atoms with Gasteiger partial charge < -0.3 is 24.6 Å². The molecule has 1 heterocycles. The topological polar surface area (TPSA) is 145 Å². The van der Waals surface area contributed by atoms with Crippen LogP contribution in [-0.2, 0) is 4.74 Å². The molecule has 2 aromatic rings. The summed E-state index contributed by atoms with van der Waals surface area (Å²) in [6, 6.07) is 7.52. The summed E-state index contributed by atoms with van der Waals surface area (Å²) in [4.78, 5) is 28.2. The fraction of sp³-hybridized carbons (Fsp3) is 0.238. The summed E-state index contributed by atoms with van der Waals surface area (Å²) in [6.07, 6.45) is 3.87. The highest BCUT2D eigenvalue weighted by atomic mass is 16.5. The molecule has 0 aliphatic rings. The molecule has 0 aliphatic heterocycles. The van der Waals surface area contributed by atoms with E-state index in [-0.39, 0.29) is 35.2 Å². The maximum atomic E-state index is 12.6. The second-order valence-corrected chi connectivity index (χ2v) is 6.31. The Morgan fingerprint density at radius 3 is 2.58 bits per heavy atom. The predicted molar refractivity (Wildman–Crippen MR) is 112 cm³/mol. The zero-order valence-electron chi connectivity index (χ0n) is 17.4. The molecule has 0 aliphatic carbocycles. The summed E-state index contributed by atoms with van der Waals surface area (Å²) in [5.74, 6) is -0.117. The molecule has 10 nitrogen and oxygen atoms in total. The number of hydrogen-bond donors (Lipinski definition) is 4. The van der Waals surface area contributed by atoms with Crippen molar-refractivity contribution in [1.29, 1.82) is 0 Å². The molecule has 2 rings (SSSR count). The average Bonchev–Trinajstić information content (AvgIpc) is 2.77. The number of nitrogens with one attached hydrogen (secondary N) is 2. The summed E-state index contributed by atoms with van der Waals surface area (Å²) in [6.45, 7) is 1.47. The molecule has 1 aromatic heterocycles. The zero-order chi connectivity index (χ0) is 22.8. The second-order valence-electron chi connectivity index (χ2n) is 6.31. The number of amidine groups is 1. The number of aliphatic hydroxyl groups is 1. The maximum absolute atomic E-state index is 12.6. The van der Waals surface area contributed by atoms with Gasteiger partial charge in [-0.25, -0.2) is 19.9 Å². The molecule has 10 heteroatoms. The van der Waals surface area contributed by atoms with E-state index < -0.39 is 18.0 Å². The van der Waals surface area contributed by atoms with E-state index in [1.165, 1.54) is 43.6 Å². The van der Waals surface area contributed by atoms with Crippen molar-refractivity contribution < 1.29 is 34.3 Å². The van der Waals surface area contributed by atoms with Gasteiger partial charge in [-0.3, -0.25) is 5.41 Å². The minimum atomic E-state index is -0.521. The Morgan fingerprint density at radius 1 is 1.23 bits per heavy atom. The van der Waals surface area contributed by atoms with Gasteiger partial charge in [-0.2, -0.15) is 0 Å². The van der Waals surface area contributed by atoms with Crippen LogP contribution in [0.1, 0.15) is 27.6 Å². The lowest BCUT2D eigenvalue weighted by Crippen LogP contribution is -2.49. The number of ether oxygens (including phenoxy) is 3. The van der Waals surface area contributed by atoms with Crippen LogP contribution in [0.15, 0.2) is 48.8 Å². The van der Waals surface area contributed by atoms with Gasteiger partial charge in [0, 0.05) is 37.7 Å². The highest BCUT2D eigenvalue weighted by Crippen LogP contribution is 2.27. The Balaban J connectivity index is 2.28. The number of aliphatic hydroxyl groups excluding tert-OH is 1. The monoisotopic (exact) mass is 429 g/mol. The molecule has 5 N–H and O–H groups in total. The number of carbonyl (C=O) groups excluding carboxylic acids is 2. The van der Waals surface area contributed by atoms with Crippen LogP contribution in [0.25, 0.3) is 0 Å². The minimum absolute atomic E-state index is 0.136. The third-order valence-corrected chi connectivity index (χ3v) is 3.80. The van der Waals surface area contributed by atoms with Gasteiger partial charge in [0.1, 0.15) is 17.6 Å². The van der Waals surface area contributed by atoms with Crippen molar-refractivity contribution in [3.63, 3.8) is 0 Å². The number of nitrogens with zero attached hydrogens (tertiary/aromatic N) is 1. The quantitative estimate of drug-likeness (QED) is 0.248. The molecule has 0 bridgehead atoms. The number of aromatic nitrogens is 1. The number of pyridine rings is 1. The molecule has 1 amide bonds. The third kappa shape index (κ3) is 7.12. The Kier molecular flexibility index (Phi) is 8.52. The van der Waals surface area contributed by atoms with Crippen LogP contribution >= 0.6 is 0 Å². The van der Waals surface area contributed by atoms with Crippen molar-refractivity contribution in [2.75, 3.05) is 20.8 Å². The smallest absolute Gasteiger partial charge is 0.339 e. The summed E-state index contributed by atoms with van der Waals surface area (Å²) < 4.78 is 16.0. The fourth-order valence-corrected chi connectivity index (χ4v) is 2.32. The van der Waals surface area contributed by atoms with E-state index in [0.29, 0.717) is 5.75 Å². The molecule has 31 heavy (non-hydrogen) atoms. The fourth-order valence-electron chi connectivity index (χ4n) is 2.32. The minimum Gasteiger partial charge on any atom is -0.488 e. The largest absolute Gasteiger partial charge is 0.488 e. The Labute approximate surface area is 179 Å². The number of carbonyl (C=O) groups is 2. The first-order chi connectivity index (χ1) is 14.9. The van der Waals surface area contributed by atoms with E-state index in [9.17, 15) is 14.7 Å². The number of esters is 1. The van der Waals surface area contributed by atoms with Gasteiger partial charge in [0.15, 0.2) is 0 Å². The molecular formula is C21H25N4O6+. The number of nitrogens with two attached hydrogens (primary N) is 1. The Hall–Kier alpha value is -3.92. The van der Waals surface area contributed by atoms with E-state index >= 15 is 0 Å². The average molecular weight is 429 g/mol. The van der Waals surface area contributed by atoms with Crippen molar-refractivity contribution in [1.82, 2.24) is 15.6 Å². The zero-order valence-corrected chi connectivity index (χ0v) is 17.4. The van der Waals surface area contributed by atoms with Gasteiger partial charge in [0.25, 0.3) is 5.84 Å². The highest BCUT2D eigenvalue weighted by Gasteiger charge is 2.17. The molecule has 0 saturated carbocycles. The van der Waals surface area contributed by atoms with Crippen LogP contribution in [0.5, 0.6) is 17.4 Å². The number of amides is 1. The first kappa shape index (κ1) is 23.4. The molecule has 1 aromatic carbocycles. The molecular weight excluding hydrogens is 404 g/mol. The van der Waals surface area contributed by atoms with E-state index in [0.717, 1.165) is 0 Å². The molecule has 0 spiro atoms. The summed E-state index contributed by atoms with van der Waals surface area (Å²) in [7, 11) is 2.97. The van der Waals surface area contributed by atoms with Crippen LogP contribution in [-0.4, -0.2) is 54.7 Å². The molecule has 0 unspecified atom stereocenters. The van der Waals surface area contributed by atoms with E-state index in [2.05, 4.69) is 20.4 Å². The standard InChI is InChI=1S/C21H24N4O6/c1-13(12-26)30-16-8-15(20(27)25-18(22)6-7-23-2)9-17(10-16)31-19-5-4-14(11-24-19)21(28)29-3/h4-11,13,23,26H,12H2,1-3H3,(H2,22,25,27)/p+1/b7-6-/t13-/m0/s1. The summed E-state index contributed by atoms with van der Waals surface area (Å²) in [5.41, 5.74) is 0.481. The molecule has 0 fully saturated rings. The van der Waals surface area contributed by atoms with Gasteiger partial charge in [-0.05, 0) is 25.1 Å². The van der Waals surface area contributed by atoms with Gasteiger partial charge in [0.2, 0.25) is 5.88 Å². The van der Waals surface area contributed by atoms with Crippen molar-refractivity contribution in [2.24, 2.45) is 0 Å². The number of rotatable bonds is 9. The van der Waals surface area contributed by atoms with E-state index in [4.69, 9.17) is 14.9 Å². The van der Waals surface area contributed by atoms with Crippen LogP contribution < -0.4 is 25.5 Å². The van der Waals surface area contributed by atoms with Crippen LogP contribution in [0, 0.1) is 0 Å². The van der Waals surface area contributed by atoms with Gasteiger partial charge in [-0.15, -0.1) is 0 Å². The van der Waals surface area contributed by atoms with Gasteiger partial charge in [0.05, 0.1) is 24.8 Å². The first-order valence-electron chi connectivity index (χ1n) is 9.28. The van der Waals surface area contributed by atoms with Crippen LogP contribution in [0.2, 0.25) is 0 Å². The second kappa shape index (κ2) is 11.3.